The van der Waals surface area contributed by atoms with Gasteiger partial charge in [0, 0.05) is 72.1 Å². The van der Waals surface area contributed by atoms with E-state index < -0.39 is 0 Å². The first-order valence-corrected chi connectivity index (χ1v) is 14.5. The van der Waals surface area contributed by atoms with Gasteiger partial charge in [0.15, 0.2) is 0 Å². The summed E-state index contributed by atoms with van der Waals surface area (Å²) in [5, 5.41) is 0. The number of nitrogens with zero attached hydrogens (tertiary/aromatic N) is 3. The predicted molar refractivity (Wildman–Crippen MR) is 151 cm³/mol. The normalized spacial score (nSPS) is 16.9. The van der Waals surface area contributed by atoms with E-state index in [4.69, 9.17) is 4.74 Å². The number of rotatable bonds is 18. The molecule has 0 radical (unpaired) electrons. The van der Waals surface area contributed by atoms with Gasteiger partial charge in [-0.05, 0) is 68.8 Å². The first kappa shape index (κ1) is 32.3. The lowest BCUT2D eigenvalue weighted by Gasteiger charge is -2.39. The van der Waals surface area contributed by atoms with Gasteiger partial charge in [0.25, 0.3) is 0 Å². The molecule has 208 valence electrons. The van der Waals surface area contributed by atoms with Crippen LogP contribution < -0.4 is 0 Å². The van der Waals surface area contributed by atoms with Gasteiger partial charge in [-0.15, -0.1) is 0 Å². The molecule has 1 aliphatic heterocycles. The third-order valence-corrected chi connectivity index (χ3v) is 7.89. The molecule has 1 heterocycles. The molecule has 1 rings (SSSR count). The first-order chi connectivity index (χ1) is 17.3. The van der Waals surface area contributed by atoms with E-state index in [0.717, 1.165) is 90.5 Å². The number of hydrogen-bond acceptors (Lipinski definition) is 4. The van der Waals surface area contributed by atoms with Crippen molar-refractivity contribution in [2.75, 3.05) is 40.4 Å². The van der Waals surface area contributed by atoms with Gasteiger partial charge in [-0.2, -0.15) is 0 Å². The minimum Gasteiger partial charge on any atom is -0.382 e. The lowest BCUT2D eigenvalue weighted by atomic mass is 9.76. The number of piperidine rings is 1. The van der Waals surface area contributed by atoms with Crippen LogP contribution in [0.25, 0.3) is 0 Å². The number of hydrogen-bond donors (Lipinski definition) is 0. The van der Waals surface area contributed by atoms with Crippen LogP contribution in [0.3, 0.4) is 0 Å². The van der Waals surface area contributed by atoms with Crippen molar-refractivity contribution in [2.45, 2.75) is 111 Å². The minimum absolute atomic E-state index is 0.195. The molecule has 1 atom stereocenters. The van der Waals surface area contributed by atoms with Crippen LogP contribution in [-0.4, -0.2) is 68.2 Å². The number of likely N-dealkylation sites (tertiary alicyclic amines) is 1. The maximum Gasteiger partial charge on any atom is 0.226 e. The van der Waals surface area contributed by atoms with Crippen LogP contribution in [0, 0.1) is 11.3 Å². The van der Waals surface area contributed by atoms with Crippen LogP contribution in [0.4, 0.5) is 0 Å². The second kappa shape index (κ2) is 18.5. The van der Waals surface area contributed by atoms with Crippen molar-refractivity contribution in [1.82, 2.24) is 9.80 Å². The van der Waals surface area contributed by atoms with E-state index in [9.17, 15) is 9.59 Å². The Morgan fingerprint density at radius 2 is 1.72 bits per heavy atom. The van der Waals surface area contributed by atoms with Crippen molar-refractivity contribution in [1.29, 1.82) is 0 Å². The molecular formula is C30H55N3O3. The number of allylic oxidation sites excluding steroid dienone is 1. The molecule has 1 saturated heterocycles. The lowest BCUT2D eigenvalue weighted by molar-refractivity contribution is -0.133. The Balaban J connectivity index is 2.27. The fourth-order valence-electron chi connectivity index (χ4n) is 4.85. The summed E-state index contributed by atoms with van der Waals surface area (Å²) in [5.74, 6) is 0.968. The maximum absolute atomic E-state index is 12.6. The minimum atomic E-state index is 0.195. The third-order valence-electron chi connectivity index (χ3n) is 7.89. The first-order valence-electron chi connectivity index (χ1n) is 14.5. The summed E-state index contributed by atoms with van der Waals surface area (Å²) < 4.78 is 5.37. The van der Waals surface area contributed by atoms with E-state index in [2.05, 4.69) is 30.7 Å². The van der Waals surface area contributed by atoms with E-state index in [1.807, 2.05) is 26.4 Å². The molecule has 0 aliphatic carbocycles. The maximum atomic E-state index is 12.6. The van der Waals surface area contributed by atoms with Gasteiger partial charge >= 0.3 is 0 Å². The Morgan fingerprint density at radius 1 is 1.06 bits per heavy atom. The number of amides is 2. The van der Waals surface area contributed by atoms with Crippen LogP contribution >= 0.6 is 0 Å². The van der Waals surface area contributed by atoms with Crippen LogP contribution in [0.2, 0.25) is 0 Å². The molecule has 0 aromatic rings. The van der Waals surface area contributed by atoms with Gasteiger partial charge < -0.3 is 19.5 Å². The summed E-state index contributed by atoms with van der Waals surface area (Å²) in [6, 6.07) is 0. The summed E-state index contributed by atoms with van der Waals surface area (Å²) >= 11 is 0. The Hall–Kier alpha value is -1.69. The molecule has 2 amide bonds. The number of carbonyl (C=O) groups excluding carboxylic acids is 2. The van der Waals surface area contributed by atoms with Crippen molar-refractivity contribution in [3.63, 3.8) is 0 Å². The van der Waals surface area contributed by atoms with Crippen molar-refractivity contribution < 1.29 is 14.3 Å². The van der Waals surface area contributed by atoms with E-state index in [-0.39, 0.29) is 5.91 Å². The average Bonchev–Trinajstić information content (AvgIpc) is 2.87. The molecule has 0 saturated carbocycles. The molecule has 1 fully saturated rings. The van der Waals surface area contributed by atoms with Crippen molar-refractivity contribution >= 4 is 18.0 Å². The Bertz CT molecular complexity index is 681. The highest BCUT2D eigenvalue weighted by molar-refractivity contribution is 5.77. The summed E-state index contributed by atoms with van der Waals surface area (Å²) in [4.78, 5) is 33.1. The lowest BCUT2D eigenvalue weighted by Crippen LogP contribution is -2.42. The average molecular weight is 506 g/mol. The van der Waals surface area contributed by atoms with E-state index in [1.165, 1.54) is 12.0 Å². The number of aliphatic imine (C=N–C) groups is 1. The van der Waals surface area contributed by atoms with Gasteiger partial charge in [0.1, 0.15) is 0 Å². The Morgan fingerprint density at radius 3 is 2.36 bits per heavy atom. The molecule has 0 bridgehead atoms. The molecule has 6 nitrogen and oxygen atoms in total. The highest BCUT2D eigenvalue weighted by atomic mass is 16.5. The fraction of sp³-hybridized carbons (Fsp3) is 0.833. The van der Waals surface area contributed by atoms with Gasteiger partial charge in [-0.1, -0.05) is 40.0 Å². The second-order valence-corrected chi connectivity index (χ2v) is 10.9. The van der Waals surface area contributed by atoms with Crippen molar-refractivity contribution in [3.05, 3.63) is 11.8 Å². The van der Waals surface area contributed by atoms with Crippen LogP contribution in [0.1, 0.15) is 111 Å². The fourth-order valence-corrected chi connectivity index (χ4v) is 4.85. The van der Waals surface area contributed by atoms with Crippen LogP contribution in [0.15, 0.2) is 16.8 Å². The number of ether oxygens (including phenoxy) is 1. The zero-order chi connectivity index (χ0) is 26.8. The van der Waals surface area contributed by atoms with E-state index in [1.54, 1.807) is 11.9 Å². The van der Waals surface area contributed by atoms with E-state index >= 15 is 0 Å². The predicted octanol–water partition coefficient (Wildman–Crippen LogP) is 6.64. The third kappa shape index (κ3) is 13.0. The molecule has 0 aromatic carbocycles. The van der Waals surface area contributed by atoms with Gasteiger partial charge in [-0.3, -0.25) is 9.59 Å². The molecule has 0 aromatic heterocycles. The molecule has 1 aliphatic rings. The zero-order valence-corrected chi connectivity index (χ0v) is 24.3. The second-order valence-electron chi connectivity index (χ2n) is 10.9. The highest BCUT2D eigenvalue weighted by Crippen LogP contribution is 2.36. The van der Waals surface area contributed by atoms with Crippen molar-refractivity contribution in [2.24, 2.45) is 16.3 Å². The standard InChI is InChI=1S/C30H55N3O3/c1-7-26(3)27(17-21-31-5)25-32(6)28(34)15-11-9-13-18-30(4)19-22-33(23-20-30)29(35)16-12-10-14-24-36-8-2/h21,25-26H,7-20,22-24H2,1-6H3/b27-25-,31-21?. The van der Waals surface area contributed by atoms with Gasteiger partial charge in [0.05, 0.1) is 0 Å². The largest absolute Gasteiger partial charge is 0.382 e. The van der Waals surface area contributed by atoms with E-state index in [0.29, 0.717) is 30.1 Å². The van der Waals surface area contributed by atoms with Gasteiger partial charge in [-0.25, -0.2) is 0 Å². The highest BCUT2D eigenvalue weighted by Gasteiger charge is 2.31. The molecule has 6 heteroatoms. The summed E-state index contributed by atoms with van der Waals surface area (Å²) in [5.41, 5.74) is 1.59. The molecule has 0 N–H and O–H groups in total. The number of unbranched alkanes of at least 4 members (excludes halogenated alkanes) is 4. The van der Waals surface area contributed by atoms with Gasteiger partial charge in [0.2, 0.25) is 11.8 Å². The Labute approximate surface area is 221 Å². The van der Waals surface area contributed by atoms with Crippen LogP contribution in [-0.2, 0) is 14.3 Å². The van der Waals surface area contributed by atoms with Crippen LogP contribution in [0.5, 0.6) is 0 Å². The zero-order valence-electron chi connectivity index (χ0n) is 24.3. The number of carbonyl (C=O) groups is 2. The SMILES string of the molecule is CCOCCCCCC(=O)N1CCC(C)(CCCCCC(=O)N(C)/C=C(/CC=NC)C(C)CC)CC1. The molecule has 36 heavy (non-hydrogen) atoms. The monoisotopic (exact) mass is 505 g/mol. The molecule has 1 unspecified atom stereocenters. The molecular weight excluding hydrogens is 450 g/mol. The topological polar surface area (TPSA) is 62.2 Å². The quantitative estimate of drug-likeness (QED) is 0.155. The van der Waals surface area contributed by atoms with Crippen molar-refractivity contribution in [3.8, 4) is 0 Å². The smallest absolute Gasteiger partial charge is 0.226 e. The molecule has 0 spiro atoms. The summed E-state index contributed by atoms with van der Waals surface area (Å²) in [7, 11) is 3.67. The summed E-state index contributed by atoms with van der Waals surface area (Å²) in [6.07, 6.45) is 16.7. The summed E-state index contributed by atoms with van der Waals surface area (Å²) in [6.45, 7) is 12.1. The Kier molecular flexibility index (Phi) is 16.7.